The highest BCUT2D eigenvalue weighted by Crippen LogP contribution is 2.14. The quantitative estimate of drug-likeness (QED) is 0.674. The Morgan fingerprint density at radius 2 is 2.25 bits per heavy atom. The summed E-state index contributed by atoms with van der Waals surface area (Å²) in [6.45, 7) is 7.61. The van der Waals surface area contributed by atoms with Crippen LogP contribution in [0.4, 0.5) is 0 Å². The molecular weight excluding hydrogens is 266 g/mol. The molecule has 0 radical (unpaired) electrons. The zero-order chi connectivity index (χ0) is 11.8. The number of hydrogen-bond donors (Lipinski definition) is 0. The molecule has 0 amide bonds. The molecule has 1 unspecified atom stereocenters. The van der Waals surface area contributed by atoms with E-state index in [0.29, 0.717) is 0 Å². The first kappa shape index (κ1) is 13.8. The summed E-state index contributed by atoms with van der Waals surface area (Å²) in [5, 5.41) is 1.09. The summed E-state index contributed by atoms with van der Waals surface area (Å²) in [7, 11) is 0. The Balaban J connectivity index is 2.41. The minimum atomic E-state index is 0.750. The number of alkyl halides is 1. The van der Waals surface area contributed by atoms with E-state index in [2.05, 4.69) is 34.7 Å². The van der Waals surface area contributed by atoms with Crippen molar-refractivity contribution in [2.24, 2.45) is 5.92 Å². The van der Waals surface area contributed by atoms with Crippen molar-refractivity contribution in [3.63, 3.8) is 0 Å². The van der Waals surface area contributed by atoms with Crippen LogP contribution in [0.5, 0.6) is 0 Å². The van der Waals surface area contributed by atoms with Gasteiger partial charge in [-0.05, 0) is 31.0 Å². The summed E-state index contributed by atoms with van der Waals surface area (Å²) in [4.78, 5) is 2.44. The molecule has 1 aromatic rings. The minimum absolute atomic E-state index is 0.750. The number of halogens is 1. The van der Waals surface area contributed by atoms with Gasteiger partial charge in [-0.2, -0.15) is 0 Å². The van der Waals surface area contributed by atoms with Crippen molar-refractivity contribution in [1.82, 2.24) is 4.90 Å². The summed E-state index contributed by atoms with van der Waals surface area (Å²) in [6, 6.07) is 4.00. The van der Waals surface area contributed by atoms with Crippen LogP contribution in [0.15, 0.2) is 22.8 Å². The molecule has 0 aliphatic rings. The molecule has 0 aliphatic heterocycles. The fraction of sp³-hybridized carbons (Fsp3) is 0.692. The largest absolute Gasteiger partial charge is 0.468 e. The second-order valence-electron chi connectivity index (χ2n) is 4.22. The van der Waals surface area contributed by atoms with Gasteiger partial charge in [0.25, 0.3) is 0 Å². The van der Waals surface area contributed by atoms with Crippen LogP contribution in [0.2, 0.25) is 0 Å². The van der Waals surface area contributed by atoms with E-state index >= 15 is 0 Å². The Labute approximate surface area is 107 Å². The lowest BCUT2D eigenvalue weighted by atomic mass is 10.1. The van der Waals surface area contributed by atoms with Crippen LogP contribution in [-0.2, 0) is 6.54 Å². The van der Waals surface area contributed by atoms with E-state index in [-0.39, 0.29) is 0 Å². The van der Waals surface area contributed by atoms with Crippen LogP contribution in [0.25, 0.3) is 0 Å². The van der Waals surface area contributed by atoms with Crippen LogP contribution in [0, 0.1) is 5.92 Å². The zero-order valence-corrected chi connectivity index (χ0v) is 11.9. The lowest BCUT2D eigenvalue weighted by Gasteiger charge is -2.24. The van der Waals surface area contributed by atoms with Crippen molar-refractivity contribution in [3.8, 4) is 0 Å². The van der Waals surface area contributed by atoms with Gasteiger partial charge in [-0.25, -0.2) is 0 Å². The smallest absolute Gasteiger partial charge is 0.117 e. The first-order valence-electron chi connectivity index (χ1n) is 6.10. The monoisotopic (exact) mass is 287 g/mol. The zero-order valence-electron chi connectivity index (χ0n) is 10.3. The second-order valence-corrected chi connectivity index (χ2v) is 4.86. The Kier molecular flexibility index (Phi) is 6.81. The van der Waals surface area contributed by atoms with Gasteiger partial charge in [0.1, 0.15) is 5.76 Å². The minimum Gasteiger partial charge on any atom is -0.468 e. The Morgan fingerprint density at radius 1 is 1.44 bits per heavy atom. The average Bonchev–Trinajstić information content (AvgIpc) is 2.80. The van der Waals surface area contributed by atoms with Crippen molar-refractivity contribution >= 4 is 15.9 Å². The number of hydrogen-bond acceptors (Lipinski definition) is 2. The molecule has 92 valence electrons. The van der Waals surface area contributed by atoms with Gasteiger partial charge in [-0.3, -0.25) is 4.90 Å². The molecule has 1 atom stereocenters. The summed E-state index contributed by atoms with van der Waals surface area (Å²) >= 11 is 3.60. The molecule has 0 N–H and O–H groups in total. The Morgan fingerprint density at radius 3 is 2.75 bits per heavy atom. The van der Waals surface area contributed by atoms with Crippen molar-refractivity contribution < 1.29 is 4.42 Å². The molecular formula is C13H22BrNO. The van der Waals surface area contributed by atoms with E-state index in [1.807, 2.05) is 12.1 Å². The van der Waals surface area contributed by atoms with Gasteiger partial charge in [-0.1, -0.05) is 36.2 Å². The molecule has 3 heteroatoms. The van der Waals surface area contributed by atoms with Crippen molar-refractivity contribution in [2.45, 2.75) is 33.2 Å². The Hall–Kier alpha value is -0.280. The predicted octanol–water partition coefficient (Wildman–Crippen LogP) is 3.91. The molecule has 0 saturated carbocycles. The highest BCUT2D eigenvalue weighted by atomic mass is 79.9. The van der Waals surface area contributed by atoms with Crippen LogP contribution < -0.4 is 0 Å². The molecule has 1 aromatic heterocycles. The standard InChI is InChI=1S/C13H22BrNO/c1-3-6-12(9-14)10-15(4-2)11-13-7-5-8-16-13/h5,7-8,12H,3-4,6,9-11H2,1-2H3. The third-order valence-electron chi connectivity index (χ3n) is 2.84. The number of furan rings is 1. The SMILES string of the molecule is CCCC(CBr)CN(CC)Cc1ccco1. The van der Waals surface area contributed by atoms with Crippen LogP contribution >= 0.6 is 15.9 Å². The Bertz CT molecular complexity index is 261. The number of nitrogens with zero attached hydrogens (tertiary/aromatic N) is 1. The summed E-state index contributed by atoms with van der Waals surface area (Å²) in [6.07, 6.45) is 4.30. The predicted molar refractivity (Wildman–Crippen MR) is 71.9 cm³/mol. The van der Waals surface area contributed by atoms with Crippen LogP contribution in [0.1, 0.15) is 32.4 Å². The van der Waals surface area contributed by atoms with Gasteiger partial charge >= 0.3 is 0 Å². The first-order valence-corrected chi connectivity index (χ1v) is 7.23. The van der Waals surface area contributed by atoms with Gasteiger partial charge in [0, 0.05) is 11.9 Å². The summed E-state index contributed by atoms with van der Waals surface area (Å²) < 4.78 is 5.39. The van der Waals surface area contributed by atoms with E-state index in [0.717, 1.165) is 36.6 Å². The lowest BCUT2D eigenvalue weighted by Crippen LogP contribution is -2.29. The first-order chi connectivity index (χ1) is 7.80. The summed E-state index contributed by atoms with van der Waals surface area (Å²) in [5.41, 5.74) is 0. The maximum Gasteiger partial charge on any atom is 0.117 e. The van der Waals surface area contributed by atoms with Gasteiger partial charge in [0.05, 0.1) is 12.8 Å². The molecule has 0 aliphatic carbocycles. The van der Waals surface area contributed by atoms with Gasteiger partial charge in [-0.15, -0.1) is 0 Å². The van der Waals surface area contributed by atoms with Crippen LogP contribution in [0.3, 0.4) is 0 Å². The van der Waals surface area contributed by atoms with E-state index in [1.54, 1.807) is 6.26 Å². The van der Waals surface area contributed by atoms with Crippen molar-refractivity contribution in [2.75, 3.05) is 18.4 Å². The van der Waals surface area contributed by atoms with E-state index in [4.69, 9.17) is 4.42 Å². The van der Waals surface area contributed by atoms with Crippen molar-refractivity contribution in [1.29, 1.82) is 0 Å². The lowest BCUT2D eigenvalue weighted by molar-refractivity contribution is 0.220. The fourth-order valence-electron chi connectivity index (χ4n) is 1.92. The molecule has 0 spiro atoms. The molecule has 2 nitrogen and oxygen atoms in total. The normalized spacial score (nSPS) is 13.2. The highest BCUT2D eigenvalue weighted by Gasteiger charge is 2.12. The molecule has 1 heterocycles. The third kappa shape index (κ3) is 4.71. The summed E-state index contributed by atoms with van der Waals surface area (Å²) in [5.74, 6) is 1.81. The maximum atomic E-state index is 5.39. The molecule has 0 aromatic carbocycles. The number of rotatable bonds is 8. The average molecular weight is 288 g/mol. The van der Waals surface area contributed by atoms with Crippen LogP contribution in [-0.4, -0.2) is 23.3 Å². The topological polar surface area (TPSA) is 16.4 Å². The van der Waals surface area contributed by atoms with Crippen molar-refractivity contribution in [3.05, 3.63) is 24.2 Å². The molecule has 16 heavy (non-hydrogen) atoms. The molecule has 0 bridgehead atoms. The second kappa shape index (κ2) is 7.91. The maximum absolute atomic E-state index is 5.39. The van der Waals surface area contributed by atoms with E-state index < -0.39 is 0 Å². The molecule has 0 saturated heterocycles. The van der Waals surface area contributed by atoms with Gasteiger partial charge in [0.15, 0.2) is 0 Å². The fourth-order valence-corrected chi connectivity index (χ4v) is 2.45. The highest BCUT2D eigenvalue weighted by molar-refractivity contribution is 9.09. The van der Waals surface area contributed by atoms with Gasteiger partial charge < -0.3 is 4.42 Å². The molecule has 0 fully saturated rings. The molecule has 1 rings (SSSR count). The van der Waals surface area contributed by atoms with E-state index in [9.17, 15) is 0 Å². The van der Waals surface area contributed by atoms with Gasteiger partial charge in [0.2, 0.25) is 0 Å². The van der Waals surface area contributed by atoms with E-state index in [1.165, 1.54) is 12.8 Å². The third-order valence-corrected chi connectivity index (χ3v) is 3.75.